The molecule has 1 amide bonds. The van der Waals surface area contributed by atoms with Crippen molar-refractivity contribution in [2.24, 2.45) is 0 Å². The molecule has 0 spiro atoms. The van der Waals surface area contributed by atoms with Gasteiger partial charge in [-0.15, -0.1) is 0 Å². The summed E-state index contributed by atoms with van der Waals surface area (Å²) in [5.41, 5.74) is 0.487. The van der Waals surface area contributed by atoms with Crippen LogP contribution in [0.15, 0.2) is 24.3 Å². The summed E-state index contributed by atoms with van der Waals surface area (Å²) in [6, 6.07) is 4.10. The second kappa shape index (κ2) is 6.90. The number of carboxylic acid groups (broad SMARTS) is 1. The van der Waals surface area contributed by atoms with Gasteiger partial charge in [0.25, 0.3) is 0 Å². The van der Waals surface area contributed by atoms with Crippen LogP contribution < -0.4 is 9.44 Å². The van der Waals surface area contributed by atoms with Gasteiger partial charge >= 0.3 is 22.3 Å². The standard InChI is InChI=1S/C11H14N2O7S/c1-20-11(17)13-21(18,19)12-9(10(15)16)6-7-2-4-8(14)5-3-7/h2-5,9,12,14H,6H2,1H3,(H,13,17)(H,15,16)/t9-/m1/s1. The normalized spacial score (nSPS) is 12.4. The number of nitrogens with one attached hydrogen (secondary N) is 2. The van der Waals surface area contributed by atoms with Gasteiger partial charge in [-0.2, -0.15) is 13.1 Å². The van der Waals surface area contributed by atoms with Crippen LogP contribution in [-0.4, -0.2) is 43.8 Å². The van der Waals surface area contributed by atoms with Crippen LogP contribution in [0.2, 0.25) is 0 Å². The van der Waals surface area contributed by atoms with E-state index in [1.54, 1.807) is 0 Å². The third-order valence-electron chi connectivity index (χ3n) is 2.37. The lowest BCUT2D eigenvalue weighted by atomic mass is 10.1. The molecule has 1 aromatic carbocycles. The van der Waals surface area contributed by atoms with Crippen LogP contribution in [0.25, 0.3) is 0 Å². The van der Waals surface area contributed by atoms with Crippen LogP contribution >= 0.6 is 0 Å². The largest absolute Gasteiger partial charge is 0.508 e. The number of ether oxygens (including phenoxy) is 1. The highest BCUT2D eigenvalue weighted by molar-refractivity contribution is 7.88. The molecule has 0 heterocycles. The van der Waals surface area contributed by atoms with Gasteiger partial charge in [-0.25, -0.2) is 9.52 Å². The number of phenols is 1. The van der Waals surface area contributed by atoms with E-state index in [1.807, 2.05) is 4.72 Å². The fraction of sp³-hybridized carbons (Fsp3) is 0.273. The van der Waals surface area contributed by atoms with Crippen LogP contribution in [0, 0.1) is 0 Å². The second-order valence-electron chi connectivity index (χ2n) is 3.98. The molecule has 9 nitrogen and oxygen atoms in total. The van der Waals surface area contributed by atoms with E-state index in [1.165, 1.54) is 29.0 Å². The molecule has 1 aromatic rings. The van der Waals surface area contributed by atoms with Gasteiger partial charge in [-0.1, -0.05) is 12.1 Å². The molecule has 4 N–H and O–H groups in total. The van der Waals surface area contributed by atoms with Crippen molar-refractivity contribution in [3.8, 4) is 5.75 Å². The van der Waals surface area contributed by atoms with E-state index >= 15 is 0 Å². The molecule has 0 fully saturated rings. The average Bonchev–Trinajstić information content (AvgIpc) is 2.39. The van der Waals surface area contributed by atoms with Crippen molar-refractivity contribution in [1.29, 1.82) is 0 Å². The quantitative estimate of drug-likeness (QED) is 0.558. The summed E-state index contributed by atoms with van der Waals surface area (Å²) in [6.07, 6.45) is -1.41. The third-order valence-corrected chi connectivity index (χ3v) is 3.40. The summed E-state index contributed by atoms with van der Waals surface area (Å²) in [5, 5.41) is 18.1. The Morgan fingerprint density at radius 2 is 1.86 bits per heavy atom. The monoisotopic (exact) mass is 318 g/mol. The number of carbonyl (C=O) groups excluding carboxylic acids is 1. The van der Waals surface area contributed by atoms with Crippen LogP contribution in [0.5, 0.6) is 5.75 Å². The zero-order valence-electron chi connectivity index (χ0n) is 10.9. The van der Waals surface area contributed by atoms with Gasteiger partial charge in [0.2, 0.25) is 0 Å². The summed E-state index contributed by atoms with van der Waals surface area (Å²) < 4.78 is 30.5. The minimum atomic E-state index is -4.37. The number of carbonyl (C=O) groups is 2. The first-order chi connectivity index (χ1) is 9.73. The van der Waals surface area contributed by atoms with E-state index in [4.69, 9.17) is 10.2 Å². The maximum absolute atomic E-state index is 11.5. The molecular weight excluding hydrogens is 304 g/mol. The lowest BCUT2D eigenvalue weighted by molar-refractivity contribution is -0.138. The molecule has 0 aliphatic heterocycles. The van der Waals surface area contributed by atoms with Gasteiger partial charge < -0.3 is 14.9 Å². The summed E-state index contributed by atoms with van der Waals surface area (Å²) >= 11 is 0. The van der Waals surface area contributed by atoms with Gasteiger partial charge in [0.1, 0.15) is 11.8 Å². The zero-order chi connectivity index (χ0) is 16.0. The molecule has 1 rings (SSSR count). The van der Waals surface area contributed by atoms with Crippen LogP contribution in [0.3, 0.4) is 0 Å². The Morgan fingerprint density at radius 1 is 1.29 bits per heavy atom. The van der Waals surface area contributed by atoms with E-state index in [-0.39, 0.29) is 12.2 Å². The fourth-order valence-corrected chi connectivity index (χ4v) is 2.34. The highest BCUT2D eigenvalue weighted by Gasteiger charge is 2.25. The number of benzene rings is 1. The van der Waals surface area contributed by atoms with Gasteiger partial charge in [-0.3, -0.25) is 4.79 Å². The highest BCUT2D eigenvalue weighted by atomic mass is 32.2. The Labute approximate surface area is 120 Å². The third kappa shape index (κ3) is 5.67. The molecule has 0 saturated heterocycles. The maximum atomic E-state index is 11.5. The molecule has 0 aliphatic rings. The van der Waals surface area contributed by atoms with Crippen molar-refractivity contribution >= 4 is 22.3 Å². The topological polar surface area (TPSA) is 142 Å². The number of methoxy groups -OCH3 is 1. The number of aliphatic carboxylic acids is 1. The Bertz CT molecular complexity index is 612. The molecule has 0 saturated carbocycles. The first-order valence-electron chi connectivity index (χ1n) is 5.62. The molecule has 116 valence electrons. The van der Waals surface area contributed by atoms with Crippen LogP contribution in [0.1, 0.15) is 5.56 Å². The number of aromatic hydroxyl groups is 1. The van der Waals surface area contributed by atoms with E-state index in [9.17, 15) is 18.0 Å². The van der Waals surface area contributed by atoms with Crippen molar-refractivity contribution in [1.82, 2.24) is 9.44 Å². The maximum Gasteiger partial charge on any atom is 0.421 e. The molecule has 10 heteroatoms. The molecule has 0 bridgehead atoms. The van der Waals surface area contributed by atoms with Gasteiger partial charge in [0, 0.05) is 0 Å². The molecule has 0 aromatic heterocycles. The predicted molar refractivity (Wildman–Crippen MR) is 70.8 cm³/mol. The number of rotatable bonds is 6. The first-order valence-corrected chi connectivity index (χ1v) is 7.10. The number of hydrogen-bond donors (Lipinski definition) is 4. The number of amides is 1. The van der Waals surface area contributed by atoms with Crippen molar-refractivity contribution < 1.29 is 33.0 Å². The number of carboxylic acids is 1. The van der Waals surface area contributed by atoms with Crippen molar-refractivity contribution in [3.05, 3.63) is 29.8 Å². The number of hydrogen-bond acceptors (Lipinski definition) is 6. The lowest BCUT2D eigenvalue weighted by Gasteiger charge is -2.15. The van der Waals surface area contributed by atoms with Crippen LogP contribution in [-0.2, 0) is 26.2 Å². The predicted octanol–water partition coefficient (Wildman–Crippen LogP) is -0.422. The second-order valence-corrected chi connectivity index (χ2v) is 5.42. The summed E-state index contributed by atoms with van der Waals surface area (Å²) in [6.45, 7) is 0. The summed E-state index contributed by atoms with van der Waals surface area (Å²) in [7, 11) is -3.40. The average molecular weight is 318 g/mol. The first kappa shape index (κ1) is 16.7. The molecule has 0 unspecified atom stereocenters. The van der Waals surface area contributed by atoms with Crippen molar-refractivity contribution in [3.63, 3.8) is 0 Å². The molecule has 1 atom stereocenters. The van der Waals surface area contributed by atoms with Crippen LogP contribution in [0.4, 0.5) is 4.79 Å². The smallest absolute Gasteiger partial charge is 0.421 e. The Balaban J connectivity index is 2.81. The van der Waals surface area contributed by atoms with E-state index < -0.39 is 28.3 Å². The Kier molecular flexibility index (Phi) is 5.50. The van der Waals surface area contributed by atoms with Gasteiger partial charge in [0.15, 0.2) is 0 Å². The molecule has 0 radical (unpaired) electrons. The zero-order valence-corrected chi connectivity index (χ0v) is 11.8. The molecule has 0 aliphatic carbocycles. The van der Waals surface area contributed by atoms with Crippen molar-refractivity contribution in [2.45, 2.75) is 12.5 Å². The number of phenolic OH excluding ortho intramolecular Hbond substituents is 1. The van der Waals surface area contributed by atoms with Crippen molar-refractivity contribution in [2.75, 3.05) is 7.11 Å². The molecular formula is C11H14N2O7S. The van der Waals surface area contributed by atoms with E-state index in [0.717, 1.165) is 7.11 Å². The minimum Gasteiger partial charge on any atom is -0.508 e. The Morgan fingerprint density at radius 3 is 2.33 bits per heavy atom. The lowest BCUT2D eigenvalue weighted by Crippen LogP contribution is -2.49. The molecule has 21 heavy (non-hydrogen) atoms. The van der Waals surface area contributed by atoms with E-state index in [0.29, 0.717) is 5.56 Å². The fourth-order valence-electron chi connectivity index (χ4n) is 1.42. The highest BCUT2D eigenvalue weighted by Crippen LogP contribution is 2.11. The summed E-state index contributed by atoms with van der Waals surface area (Å²) in [4.78, 5) is 21.9. The minimum absolute atomic E-state index is 0.00133. The van der Waals surface area contributed by atoms with Gasteiger partial charge in [0.05, 0.1) is 7.11 Å². The van der Waals surface area contributed by atoms with Gasteiger partial charge in [-0.05, 0) is 24.1 Å². The van der Waals surface area contributed by atoms with E-state index in [2.05, 4.69) is 4.74 Å². The Hall–Kier alpha value is -2.33. The summed E-state index contributed by atoms with van der Waals surface area (Å²) in [5.74, 6) is -1.42. The SMILES string of the molecule is COC(=O)NS(=O)(=O)N[C@H](Cc1ccc(O)cc1)C(=O)O.